The molecule has 176 valence electrons. The summed E-state index contributed by atoms with van der Waals surface area (Å²) in [4.78, 5) is 48.2. The van der Waals surface area contributed by atoms with E-state index in [9.17, 15) is 19.3 Å². The van der Waals surface area contributed by atoms with Crippen molar-refractivity contribution in [1.29, 1.82) is 0 Å². The van der Waals surface area contributed by atoms with Gasteiger partial charge in [-0.25, -0.2) is 0 Å². The van der Waals surface area contributed by atoms with Gasteiger partial charge < -0.3 is 14.6 Å². The minimum absolute atomic E-state index is 0.169. The largest absolute Gasteiger partial charge is 0.480 e. The average molecular weight is 462 g/mol. The lowest BCUT2D eigenvalue weighted by Gasteiger charge is -2.23. The molecule has 8 nitrogen and oxygen atoms in total. The van der Waals surface area contributed by atoms with Gasteiger partial charge in [0.05, 0.1) is 0 Å². The number of pyridine rings is 1. The maximum atomic E-state index is 12.5. The maximum Gasteiger partial charge on any atom is 0.323 e. The van der Waals surface area contributed by atoms with E-state index in [1.807, 2.05) is 43.3 Å². The molecule has 2 unspecified atom stereocenters. The van der Waals surface area contributed by atoms with E-state index in [0.29, 0.717) is 17.5 Å². The van der Waals surface area contributed by atoms with E-state index in [1.54, 1.807) is 31.4 Å². The standard InChI is InChI=1S/C26H27N3O5/c1-17-6-4-5-7-21(17)22(14-23(27-34)20-12-13-24(30)28(2)15-20)18-8-10-19(11-9-18)26(33)29(3)16-25(31)32/h4-13,15,22-23H,14,16H2,1-3H3,(H,31,32). The fraction of sp³-hybridized carbons (Fsp3) is 0.269. The van der Waals surface area contributed by atoms with Gasteiger partial charge in [-0.05, 0) is 53.8 Å². The van der Waals surface area contributed by atoms with Crippen LogP contribution in [0.15, 0.2) is 76.8 Å². The summed E-state index contributed by atoms with van der Waals surface area (Å²) in [7, 11) is 3.07. The van der Waals surface area contributed by atoms with E-state index in [-0.39, 0.29) is 17.4 Å². The van der Waals surface area contributed by atoms with E-state index in [4.69, 9.17) is 5.11 Å². The Labute approximate surface area is 197 Å². The molecule has 1 amide bonds. The van der Waals surface area contributed by atoms with Crippen LogP contribution in [0, 0.1) is 11.8 Å². The van der Waals surface area contributed by atoms with Gasteiger partial charge in [0, 0.05) is 37.8 Å². The molecule has 0 bridgehead atoms. The first-order valence-electron chi connectivity index (χ1n) is 10.8. The third-order valence-electron chi connectivity index (χ3n) is 5.92. The Morgan fingerprint density at radius 1 is 1.03 bits per heavy atom. The van der Waals surface area contributed by atoms with Gasteiger partial charge in [-0.2, -0.15) is 4.91 Å². The minimum Gasteiger partial charge on any atom is -0.480 e. The Hall–Kier alpha value is -4.07. The van der Waals surface area contributed by atoms with Crippen LogP contribution in [0.25, 0.3) is 0 Å². The van der Waals surface area contributed by atoms with Gasteiger partial charge in [0.1, 0.15) is 12.6 Å². The monoisotopic (exact) mass is 461 g/mol. The zero-order valence-corrected chi connectivity index (χ0v) is 19.3. The van der Waals surface area contributed by atoms with Crippen LogP contribution >= 0.6 is 0 Å². The Bertz CT molecular complexity index is 1250. The van der Waals surface area contributed by atoms with Gasteiger partial charge in [-0.3, -0.25) is 14.4 Å². The number of likely N-dealkylation sites (N-methyl/N-ethyl adjacent to an activating group) is 1. The van der Waals surface area contributed by atoms with E-state index in [0.717, 1.165) is 21.6 Å². The molecule has 8 heteroatoms. The number of hydrogen-bond donors (Lipinski definition) is 1. The number of aromatic nitrogens is 1. The van der Waals surface area contributed by atoms with Crippen molar-refractivity contribution in [2.24, 2.45) is 12.2 Å². The summed E-state index contributed by atoms with van der Waals surface area (Å²) in [6.45, 7) is 1.61. The van der Waals surface area contributed by atoms with Crippen LogP contribution in [0.3, 0.4) is 0 Å². The number of amides is 1. The normalized spacial score (nSPS) is 12.6. The molecular formula is C26H27N3O5. The molecule has 0 saturated carbocycles. The summed E-state index contributed by atoms with van der Waals surface area (Å²) in [5.41, 5.74) is 3.83. The number of carbonyl (C=O) groups is 2. The first kappa shape index (κ1) is 24.6. The van der Waals surface area contributed by atoms with Gasteiger partial charge >= 0.3 is 5.97 Å². The van der Waals surface area contributed by atoms with Gasteiger partial charge in [0.25, 0.3) is 5.91 Å². The van der Waals surface area contributed by atoms with Crippen LogP contribution in [0.5, 0.6) is 0 Å². The number of nitrogens with zero attached hydrogens (tertiary/aromatic N) is 3. The van der Waals surface area contributed by atoms with Crippen LogP contribution in [-0.4, -0.2) is 40.0 Å². The van der Waals surface area contributed by atoms with E-state index < -0.39 is 18.6 Å². The fourth-order valence-corrected chi connectivity index (χ4v) is 4.05. The lowest BCUT2D eigenvalue weighted by Crippen LogP contribution is -2.31. The van der Waals surface area contributed by atoms with Crippen molar-refractivity contribution < 1.29 is 14.7 Å². The molecule has 0 aliphatic carbocycles. The van der Waals surface area contributed by atoms with Crippen molar-refractivity contribution in [2.45, 2.75) is 25.3 Å². The molecule has 0 spiro atoms. The number of aryl methyl sites for hydroxylation is 2. The molecule has 0 aliphatic rings. The van der Waals surface area contributed by atoms with Crippen molar-refractivity contribution in [3.63, 3.8) is 0 Å². The van der Waals surface area contributed by atoms with E-state index in [1.165, 1.54) is 17.7 Å². The fourth-order valence-electron chi connectivity index (χ4n) is 4.05. The summed E-state index contributed by atoms with van der Waals surface area (Å²) >= 11 is 0. The molecule has 3 aromatic rings. The Balaban J connectivity index is 1.97. The number of aliphatic carboxylic acids is 1. The summed E-state index contributed by atoms with van der Waals surface area (Å²) < 4.78 is 1.42. The Kier molecular flexibility index (Phi) is 7.73. The predicted molar refractivity (Wildman–Crippen MR) is 129 cm³/mol. The van der Waals surface area contributed by atoms with Crippen LogP contribution in [0.2, 0.25) is 0 Å². The molecule has 3 rings (SSSR count). The van der Waals surface area contributed by atoms with Crippen molar-refractivity contribution in [3.8, 4) is 0 Å². The number of hydrogen-bond acceptors (Lipinski definition) is 5. The quantitative estimate of drug-likeness (QED) is 0.487. The molecule has 34 heavy (non-hydrogen) atoms. The lowest BCUT2D eigenvalue weighted by molar-refractivity contribution is -0.137. The van der Waals surface area contributed by atoms with Crippen LogP contribution in [0.4, 0.5) is 0 Å². The van der Waals surface area contributed by atoms with Crippen molar-refractivity contribution in [1.82, 2.24) is 9.47 Å². The zero-order valence-electron chi connectivity index (χ0n) is 19.3. The second kappa shape index (κ2) is 10.7. The molecule has 1 N–H and O–H groups in total. The first-order chi connectivity index (χ1) is 16.2. The summed E-state index contributed by atoms with van der Waals surface area (Å²) in [6.07, 6.45) is 2.00. The molecule has 0 aliphatic heterocycles. The molecule has 0 radical (unpaired) electrons. The molecular weight excluding hydrogens is 434 g/mol. The summed E-state index contributed by atoms with van der Waals surface area (Å²) in [6, 6.07) is 17.2. The third kappa shape index (κ3) is 5.64. The topological polar surface area (TPSA) is 109 Å². The van der Waals surface area contributed by atoms with Gasteiger partial charge in [-0.1, -0.05) is 41.6 Å². The average Bonchev–Trinajstić information content (AvgIpc) is 2.82. The number of nitroso groups, excluding NO2 is 1. The number of carboxylic acid groups (broad SMARTS) is 1. The maximum absolute atomic E-state index is 12.5. The Morgan fingerprint density at radius 3 is 2.26 bits per heavy atom. The molecule has 2 aromatic carbocycles. The first-order valence-corrected chi connectivity index (χ1v) is 10.8. The zero-order chi connectivity index (χ0) is 24.8. The molecule has 1 heterocycles. The van der Waals surface area contributed by atoms with E-state index in [2.05, 4.69) is 5.18 Å². The molecule has 0 fully saturated rings. The predicted octanol–water partition coefficient (Wildman–Crippen LogP) is 3.88. The summed E-state index contributed by atoms with van der Waals surface area (Å²) in [5.74, 6) is -1.67. The number of rotatable bonds is 9. The van der Waals surface area contributed by atoms with Crippen molar-refractivity contribution in [2.75, 3.05) is 13.6 Å². The third-order valence-corrected chi connectivity index (χ3v) is 5.92. The smallest absolute Gasteiger partial charge is 0.323 e. The molecule has 1 aromatic heterocycles. The molecule has 0 saturated heterocycles. The highest BCUT2D eigenvalue weighted by atomic mass is 16.4. The van der Waals surface area contributed by atoms with Crippen LogP contribution in [0.1, 0.15) is 51.0 Å². The molecule has 2 atom stereocenters. The number of carbonyl (C=O) groups excluding carboxylic acids is 1. The SMILES string of the molecule is Cc1ccccc1C(CC(N=O)c1ccc(=O)n(C)c1)c1ccc(C(=O)N(C)CC(=O)O)cc1. The van der Waals surface area contributed by atoms with Crippen LogP contribution < -0.4 is 5.56 Å². The highest BCUT2D eigenvalue weighted by Gasteiger charge is 2.24. The number of benzene rings is 2. The lowest BCUT2D eigenvalue weighted by atomic mass is 9.82. The Morgan fingerprint density at radius 2 is 1.68 bits per heavy atom. The highest BCUT2D eigenvalue weighted by Crippen LogP contribution is 2.37. The summed E-state index contributed by atoms with van der Waals surface area (Å²) in [5, 5.41) is 12.3. The minimum atomic E-state index is -1.09. The van der Waals surface area contributed by atoms with Gasteiger partial charge in [0.2, 0.25) is 5.56 Å². The second-order valence-electron chi connectivity index (χ2n) is 8.35. The van der Waals surface area contributed by atoms with Gasteiger partial charge in [-0.15, -0.1) is 0 Å². The highest BCUT2D eigenvalue weighted by molar-refractivity contribution is 5.95. The van der Waals surface area contributed by atoms with Crippen LogP contribution in [-0.2, 0) is 11.8 Å². The second-order valence-corrected chi connectivity index (χ2v) is 8.35. The van der Waals surface area contributed by atoms with Crippen molar-refractivity contribution >= 4 is 11.9 Å². The van der Waals surface area contributed by atoms with Gasteiger partial charge in [0.15, 0.2) is 0 Å². The number of carboxylic acids is 1. The van der Waals surface area contributed by atoms with Crippen molar-refractivity contribution in [3.05, 3.63) is 110 Å². The van der Waals surface area contributed by atoms with E-state index >= 15 is 0 Å².